The zero-order valence-corrected chi connectivity index (χ0v) is 13.4. The Morgan fingerprint density at radius 1 is 1.48 bits per heavy atom. The lowest BCUT2D eigenvalue weighted by Gasteiger charge is -2.15. The number of benzene rings is 1. The predicted molar refractivity (Wildman–Crippen MR) is 79.3 cm³/mol. The highest BCUT2D eigenvalue weighted by Crippen LogP contribution is 2.27. The number of rotatable bonds is 8. The highest BCUT2D eigenvalue weighted by atomic mass is 35.5. The maximum atomic E-state index is 12.2. The van der Waals surface area contributed by atoms with Gasteiger partial charge in [0, 0.05) is 0 Å². The minimum Gasteiger partial charge on any atom is -0.495 e. The third kappa shape index (κ3) is 4.87. The first-order valence-corrected chi connectivity index (χ1v) is 8.26. The summed E-state index contributed by atoms with van der Waals surface area (Å²) in [5.74, 6) is -0.858. The van der Waals surface area contributed by atoms with Gasteiger partial charge in [-0.3, -0.25) is 4.79 Å². The van der Waals surface area contributed by atoms with Crippen molar-refractivity contribution < 1.29 is 23.1 Å². The maximum Gasteiger partial charge on any atom is 0.321 e. The van der Waals surface area contributed by atoms with Crippen LogP contribution in [0.2, 0.25) is 5.02 Å². The molecule has 118 valence electrons. The zero-order valence-electron chi connectivity index (χ0n) is 11.8. The molecular formula is C13H18ClNO5S. The zero-order chi connectivity index (χ0) is 16.0. The topological polar surface area (TPSA) is 92.7 Å². The lowest BCUT2D eigenvalue weighted by atomic mass is 10.1. The average molecular weight is 336 g/mol. The van der Waals surface area contributed by atoms with E-state index >= 15 is 0 Å². The molecule has 21 heavy (non-hydrogen) atoms. The largest absolute Gasteiger partial charge is 0.495 e. The highest BCUT2D eigenvalue weighted by molar-refractivity contribution is 7.89. The van der Waals surface area contributed by atoms with Crippen molar-refractivity contribution in [2.24, 2.45) is 0 Å². The second-order valence-electron chi connectivity index (χ2n) is 4.45. The molecule has 0 spiro atoms. The fourth-order valence-corrected chi connectivity index (χ4v) is 3.28. The summed E-state index contributed by atoms with van der Waals surface area (Å²) in [7, 11) is -2.54. The molecule has 0 aliphatic carbocycles. The van der Waals surface area contributed by atoms with Gasteiger partial charge in [-0.15, -0.1) is 0 Å². The van der Waals surface area contributed by atoms with Crippen molar-refractivity contribution in [2.75, 3.05) is 7.11 Å². The summed E-state index contributed by atoms with van der Waals surface area (Å²) in [4.78, 5) is 11.0. The molecule has 0 saturated heterocycles. The lowest BCUT2D eigenvalue weighted by Crippen LogP contribution is -2.40. The smallest absolute Gasteiger partial charge is 0.321 e. The summed E-state index contributed by atoms with van der Waals surface area (Å²) in [5.41, 5.74) is 0. The quantitative estimate of drug-likeness (QED) is 0.760. The van der Waals surface area contributed by atoms with Gasteiger partial charge in [-0.05, 0) is 24.6 Å². The van der Waals surface area contributed by atoms with Crippen molar-refractivity contribution >= 4 is 27.6 Å². The molecule has 0 radical (unpaired) electrons. The number of methoxy groups -OCH3 is 1. The monoisotopic (exact) mass is 335 g/mol. The Kier molecular flexibility index (Phi) is 6.44. The second kappa shape index (κ2) is 7.63. The minimum atomic E-state index is -3.95. The van der Waals surface area contributed by atoms with E-state index in [4.69, 9.17) is 21.4 Å². The number of unbranched alkanes of at least 4 members (excludes halogenated alkanes) is 1. The molecule has 0 aliphatic heterocycles. The molecule has 6 nitrogen and oxygen atoms in total. The molecule has 1 atom stereocenters. The first-order chi connectivity index (χ1) is 9.81. The van der Waals surface area contributed by atoms with Crippen molar-refractivity contribution in [3.8, 4) is 5.75 Å². The number of carbonyl (C=O) groups is 1. The summed E-state index contributed by atoms with van der Waals surface area (Å²) < 4.78 is 31.5. The van der Waals surface area contributed by atoms with Crippen LogP contribution in [0.3, 0.4) is 0 Å². The Labute approximate surface area is 129 Å². The Morgan fingerprint density at radius 2 is 2.14 bits per heavy atom. The van der Waals surface area contributed by atoms with Gasteiger partial charge in [0.05, 0.1) is 17.0 Å². The fraction of sp³-hybridized carbons (Fsp3) is 0.462. The molecule has 1 unspecified atom stereocenters. The van der Waals surface area contributed by atoms with Gasteiger partial charge in [-0.25, -0.2) is 8.42 Å². The third-order valence-corrected chi connectivity index (χ3v) is 4.64. The molecule has 0 heterocycles. The number of hydrogen-bond acceptors (Lipinski definition) is 4. The summed E-state index contributed by atoms with van der Waals surface area (Å²) in [6, 6.07) is 2.79. The Morgan fingerprint density at radius 3 is 2.62 bits per heavy atom. The van der Waals surface area contributed by atoms with E-state index in [1.807, 2.05) is 6.92 Å². The van der Waals surface area contributed by atoms with Gasteiger partial charge in [0.1, 0.15) is 11.8 Å². The van der Waals surface area contributed by atoms with Gasteiger partial charge < -0.3 is 9.84 Å². The van der Waals surface area contributed by atoms with Crippen LogP contribution in [0.4, 0.5) is 0 Å². The summed E-state index contributed by atoms with van der Waals surface area (Å²) in [6.45, 7) is 1.90. The molecule has 2 N–H and O–H groups in total. The van der Waals surface area contributed by atoms with Crippen molar-refractivity contribution in [3.05, 3.63) is 23.2 Å². The average Bonchev–Trinajstić information content (AvgIpc) is 2.43. The molecule has 8 heteroatoms. The van der Waals surface area contributed by atoms with E-state index in [1.54, 1.807) is 0 Å². The molecule has 0 bridgehead atoms. The van der Waals surface area contributed by atoms with Gasteiger partial charge in [-0.1, -0.05) is 31.4 Å². The van der Waals surface area contributed by atoms with Gasteiger partial charge in [0.2, 0.25) is 10.0 Å². The third-order valence-electron chi connectivity index (χ3n) is 2.88. The summed E-state index contributed by atoms with van der Waals surface area (Å²) in [5, 5.41) is 9.21. The van der Waals surface area contributed by atoms with Gasteiger partial charge >= 0.3 is 5.97 Å². The van der Waals surface area contributed by atoms with E-state index in [0.717, 1.165) is 6.42 Å². The molecule has 0 fully saturated rings. The first kappa shape index (κ1) is 17.7. The van der Waals surface area contributed by atoms with Crippen LogP contribution in [-0.2, 0) is 14.8 Å². The van der Waals surface area contributed by atoms with E-state index < -0.39 is 22.0 Å². The SMILES string of the molecule is CCCCC(NS(=O)(=O)c1ccc(OC)c(Cl)c1)C(=O)O. The molecule has 0 aliphatic rings. The number of carboxylic acids is 1. The normalized spacial score (nSPS) is 12.9. The Bertz CT molecular complexity index is 603. The Balaban J connectivity index is 2.99. The molecular weight excluding hydrogens is 318 g/mol. The van der Waals surface area contributed by atoms with Crippen LogP contribution in [0.25, 0.3) is 0 Å². The van der Waals surface area contributed by atoms with E-state index in [9.17, 15) is 13.2 Å². The van der Waals surface area contributed by atoms with E-state index in [2.05, 4.69) is 4.72 Å². The van der Waals surface area contributed by atoms with Gasteiger partial charge in [0.15, 0.2) is 0 Å². The number of ether oxygens (including phenoxy) is 1. The van der Waals surface area contributed by atoms with Crippen LogP contribution in [0.15, 0.2) is 23.1 Å². The van der Waals surface area contributed by atoms with Crippen LogP contribution < -0.4 is 9.46 Å². The van der Waals surface area contributed by atoms with E-state index in [-0.39, 0.29) is 16.3 Å². The number of sulfonamides is 1. The molecule has 0 saturated carbocycles. The van der Waals surface area contributed by atoms with Crippen molar-refractivity contribution in [3.63, 3.8) is 0 Å². The molecule has 0 amide bonds. The van der Waals surface area contributed by atoms with Gasteiger partial charge in [0.25, 0.3) is 0 Å². The number of nitrogens with one attached hydrogen (secondary N) is 1. The predicted octanol–water partition coefficient (Wildman–Crippen LogP) is 2.27. The number of carboxylic acid groups (broad SMARTS) is 1. The standard InChI is InChI=1S/C13H18ClNO5S/c1-3-4-5-11(13(16)17)15-21(18,19)9-6-7-12(20-2)10(14)8-9/h6-8,11,15H,3-5H2,1-2H3,(H,16,17). The number of aliphatic carboxylic acids is 1. The summed E-state index contributed by atoms with van der Waals surface area (Å²) >= 11 is 5.88. The molecule has 0 aromatic heterocycles. The van der Waals surface area contributed by atoms with E-state index in [0.29, 0.717) is 12.2 Å². The van der Waals surface area contributed by atoms with Crippen LogP contribution in [0, 0.1) is 0 Å². The van der Waals surface area contributed by atoms with Crippen LogP contribution >= 0.6 is 11.6 Å². The van der Waals surface area contributed by atoms with E-state index in [1.165, 1.54) is 25.3 Å². The fourth-order valence-electron chi connectivity index (χ4n) is 1.71. The number of hydrogen-bond donors (Lipinski definition) is 2. The van der Waals surface area contributed by atoms with Gasteiger partial charge in [-0.2, -0.15) is 4.72 Å². The molecule has 1 aromatic rings. The van der Waals surface area contributed by atoms with Crippen LogP contribution in [0.5, 0.6) is 5.75 Å². The highest BCUT2D eigenvalue weighted by Gasteiger charge is 2.25. The van der Waals surface area contributed by atoms with Crippen LogP contribution in [-0.4, -0.2) is 32.6 Å². The minimum absolute atomic E-state index is 0.101. The van der Waals surface area contributed by atoms with Crippen molar-refractivity contribution in [2.45, 2.75) is 37.1 Å². The lowest BCUT2D eigenvalue weighted by molar-refractivity contribution is -0.139. The molecule has 1 aromatic carbocycles. The maximum absolute atomic E-state index is 12.2. The Hall–Kier alpha value is -1.31. The second-order valence-corrected chi connectivity index (χ2v) is 6.57. The first-order valence-electron chi connectivity index (χ1n) is 6.40. The summed E-state index contributed by atoms with van der Waals surface area (Å²) in [6.07, 6.45) is 1.62. The number of halogens is 1. The molecule has 1 rings (SSSR count). The van der Waals surface area contributed by atoms with Crippen LogP contribution in [0.1, 0.15) is 26.2 Å². The van der Waals surface area contributed by atoms with Crippen molar-refractivity contribution in [1.82, 2.24) is 4.72 Å². The van der Waals surface area contributed by atoms with Crippen molar-refractivity contribution in [1.29, 1.82) is 0 Å².